The highest BCUT2D eigenvalue weighted by atomic mass is 16.5. The summed E-state index contributed by atoms with van der Waals surface area (Å²) in [4.78, 5) is 20.0. The van der Waals surface area contributed by atoms with E-state index in [2.05, 4.69) is 22.0 Å². The number of likely N-dealkylation sites (tertiary alicyclic amines) is 1. The number of rotatable bonds is 2. The molecule has 2 aliphatic heterocycles. The Morgan fingerprint density at radius 2 is 2.15 bits per heavy atom. The molecular formula is C15H21N3O2. The van der Waals surface area contributed by atoms with Crippen LogP contribution in [0.15, 0.2) is 24.5 Å². The Kier molecular flexibility index (Phi) is 3.72. The third kappa shape index (κ3) is 2.83. The zero-order valence-corrected chi connectivity index (χ0v) is 11.9. The molecule has 0 aromatic carbocycles. The zero-order valence-electron chi connectivity index (χ0n) is 11.9. The first kappa shape index (κ1) is 13.5. The molecular weight excluding hydrogens is 254 g/mol. The monoisotopic (exact) mass is 275 g/mol. The van der Waals surface area contributed by atoms with Gasteiger partial charge in [0.15, 0.2) is 0 Å². The van der Waals surface area contributed by atoms with Crippen molar-refractivity contribution in [1.82, 2.24) is 14.8 Å². The van der Waals surface area contributed by atoms with E-state index in [1.54, 1.807) is 0 Å². The summed E-state index contributed by atoms with van der Waals surface area (Å²) < 4.78 is 5.59. The van der Waals surface area contributed by atoms with E-state index in [9.17, 15) is 4.79 Å². The van der Waals surface area contributed by atoms with Crippen LogP contribution in [0.4, 0.5) is 0 Å². The Labute approximate surface area is 119 Å². The van der Waals surface area contributed by atoms with Gasteiger partial charge in [-0.05, 0) is 30.7 Å². The molecule has 108 valence electrons. The first-order valence-electron chi connectivity index (χ1n) is 7.10. The van der Waals surface area contributed by atoms with Gasteiger partial charge in [0.2, 0.25) is 5.91 Å². The smallest absolute Gasteiger partial charge is 0.248 e. The van der Waals surface area contributed by atoms with Crippen LogP contribution in [0.3, 0.4) is 0 Å². The number of carbonyl (C=O) groups excluding carboxylic acids is 1. The second-order valence-corrected chi connectivity index (χ2v) is 6.06. The lowest BCUT2D eigenvalue weighted by molar-refractivity contribution is -0.132. The van der Waals surface area contributed by atoms with E-state index in [4.69, 9.17) is 4.74 Å². The van der Waals surface area contributed by atoms with Crippen molar-refractivity contribution in [3.63, 3.8) is 0 Å². The summed E-state index contributed by atoms with van der Waals surface area (Å²) in [6.07, 6.45) is 4.76. The summed E-state index contributed by atoms with van der Waals surface area (Å²) in [5.41, 5.74) is 1.39. The third-order valence-corrected chi connectivity index (χ3v) is 4.31. The van der Waals surface area contributed by atoms with Crippen molar-refractivity contribution in [1.29, 1.82) is 0 Å². The molecule has 1 atom stereocenters. The Balaban J connectivity index is 1.65. The summed E-state index contributed by atoms with van der Waals surface area (Å²) in [5, 5.41) is 0. The molecule has 0 saturated carbocycles. The number of hydrogen-bond donors (Lipinski definition) is 0. The van der Waals surface area contributed by atoms with Gasteiger partial charge in [-0.25, -0.2) is 0 Å². The number of carbonyl (C=O) groups is 1. The molecule has 0 N–H and O–H groups in total. The van der Waals surface area contributed by atoms with Crippen LogP contribution in [0.1, 0.15) is 12.0 Å². The lowest BCUT2D eigenvalue weighted by Crippen LogP contribution is -2.40. The Morgan fingerprint density at radius 1 is 1.35 bits per heavy atom. The van der Waals surface area contributed by atoms with E-state index in [-0.39, 0.29) is 17.9 Å². The third-order valence-electron chi connectivity index (χ3n) is 4.31. The van der Waals surface area contributed by atoms with Crippen molar-refractivity contribution in [3.05, 3.63) is 30.1 Å². The van der Waals surface area contributed by atoms with E-state index in [1.807, 2.05) is 24.3 Å². The molecule has 5 heteroatoms. The van der Waals surface area contributed by atoms with E-state index < -0.39 is 0 Å². The molecule has 0 radical (unpaired) electrons. The van der Waals surface area contributed by atoms with Gasteiger partial charge in [-0.2, -0.15) is 0 Å². The lowest BCUT2D eigenvalue weighted by atomic mass is 9.88. The van der Waals surface area contributed by atoms with Crippen LogP contribution in [0.2, 0.25) is 0 Å². The van der Waals surface area contributed by atoms with Gasteiger partial charge in [-0.15, -0.1) is 0 Å². The summed E-state index contributed by atoms with van der Waals surface area (Å²) in [6, 6.07) is 4.12. The highest BCUT2D eigenvalue weighted by Gasteiger charge is 2.41. The number of amides is 1. The molecule has 2 aliphatic rings. The number of likely N-dealkylation sites (N-methyl/N-ethyl adjacent to an activating group) is 1. The van der Waals surface area contributed by atoms with Gasteiger partial charge < -0.3 is 9.64 Å². The predicted molar refractivity (Wildman–Crippen MR) is 75.0 cm³/mol. The average molecular weight is 275 g/mol. The number of nitrogens with zero attached hydrogens (tertiary/aromatic N) is 3. The summed E-state index contributed by atoms with van der Waals surface area (Å²) in [6.45, 7) is 4.72. The van der Waals surface area contributed by atoms with Crippen LogP contribution in [0.5, 0.6) is 0 Å². The van der Waals surface area contributed by atoms with Crippen molar-refractivity contribution in [3.8, 4) is 0 Å². The molecule has 0 bridgehead atoms. The van der Waals surface area contributed by atoms with Gasteiger partial charge in [-0.1, -0.05) is 0 Å². The van der Waals surface area contributed by atoms with Crippen molar-refractivity contribution >= 4 is 5.91 Å². The number of pyridine rings is 1. The van der Waals surface area contributed by atoms with Crippen LogP contribution >= 0.6 is 0 Å². The van der Waals surface area contributed by atoms with Gasteiger partial charge in [0.1, 0.15) is 6.61 Å². The first-order chi connectivity index (χ1) is 9.67. The summed E-state index contributed by atoms with van der Waals surface area (Å²) in [5.74, 6) is 0.0921. The molecule has 20 heavy (non-hydrogen) atoms. The highest BCUT2D eigenvalue weighted by Crippen LogP contribution is 2.33. The van der Waals surface area contributed by atoms with Gasteiger partial charge in [0.05, 0.1) is 6.61 Å². The topological polar surface area (TPSA) is 45.7 Å². The number of aromatic nitrogens is 1. The molecule has 1 aromatic rings. The largest absolute Gasteiger partial charge is 0.371 e. The zero-order chi connectivity index (χ0) is 14.0. The van der Waals surface area contributed by atoms with Crippen LogP contribution in [0.25, 0.3) is 0 Å². The standard InChI is InChI=1S/C15H21N3O2/c1-17-10-15(12-20-9-14(17)19)4-7-18(11-15)8-13-2-5-16-6-3-13/h2-3,5-6H,4,7-12H2,1H3. The molecule has 0 aliphatic carbocycles. The molecule has 3 heterocycles. The molecule has 1 unspecified atom stereocenters. The maximum Gasteiger partial charge on any atom is 0.248 e. The van der Waals surface area contributed by atoms with Crippen molar-refractivity contribution in [2.75, 3.05) is 39.9 Å². The van der Waals surface area contributed by atoms with E-state index in [1.165, 1.54) is 5.56 Å². The van der Waals surface area contributed by atoms with Crippen LogP contribution in [0, 0.1) is 5.41 Å². The minimum absolute atomic E-state index is 0.0921. The van der Waals surface area contributed by atoms with Gasteiger partial charge in [0, 0.05) is 44.5 Å². The van der Waals surface area contributed by atoms with E-state index in [0.29, 0.717) is 6.61 Å². The quantitative estimate of drug-likeness (QED) is 0.799. The van der Waals surface area contributed by atoms with Gasteiger partial charge >= 0.3 is 0 Å². The fraction of sp³-hybridized carbons (Fsp3) is 0.600. The lowest BCUT2D eigenvalue weighted by Gasteiger charge is -2.30. The highest BCUT2D eigenvalue weighted by molar-refractivity contribution is 5.77. The maximum atomic E-state index is 11.7. The molecule has 3 rings (SSSR count). The van der Waals surface area contributed by atoms with Crippen molar-refractivity contribution < 1.29 is 9.53 Å². The minimum atomic E-state index is 0.0921. The Hall–Kier alpha value is -1.46. The molecule has 2 fully saturated rings. The molecule has 1 amide bonds. The Bertz CT molecular complexity index is 479. The van der Waals surface area contributed by atoms with Crippen LogP contribution in [-0.2, 0) is 16.1 Å². The normalized spacial score (nSPS) is 28.1. The summed E-state index contributed by atoms with van der Waals surface area (Å²) in [7, 11) is 1.88. The maximum absolute atomic E-state index is 11.7. The first-order valence-corrected chi connectivity index (χ1v) is 7.10. The second-order valence-electron chi connectivity index (χ2n) is 6.06. The van der Waals surface area contributed by atoms with Crippen LogP contribution < -0.4 is 0 Å². The fourth-order valence-corrected chi connectivity index (χ4v) is 3.26. The minimum Gasteiger partial charge on any atom is -0.371 e. The van der Waals surface area contributed by atoms with Crippen molar-refractivity contribution in [2.24, 2.45) is 5.41 Å². The summed E-state index contributed by atoms with van der Waals surface area (Å²) >= 11 is 0. The van der Waals surface area contributed by atoms with Crippen LogP contribution in [-0.4, -0.2) is 60.6 Å². The molecule has 1 spiro atoms. The molecule has 5 nitrogen and oxygen atoms in total. The molecule has 2 saturated heterocycles. The predicted octanol–water partition coefficient (Wildman–Crippen LogP) is 0.762. The van der Waals surface area contributed by atoms with Gasteiger partial charge in [-0.3, -0.25) is 14.7 Å². The number of hydrogen-bond acceptors (Lipinski definition) is 4. The van der Waals surface area contributed by atoms with Crippen molar-refractivity contribution in [2.45, 2.75) is 13.0 Å². The van der Waals surface area contributed by atoms with Gasteiger partial charge in [0.25, 0.3) is 0 Å². The number of ether oxygens (including phenoxy) is 1. The molecule has 1 aromatic heterocycles. The van der Waals surface area contributed by atoms with E-state index >= 15 is 0 Å². The fourth-order valence-electron chi connectivity index (χ4n) is 3.26. The SMILES string of the molecule is CN1CC2(CCN(Cc3ccncc3)C2)COCC1=O. The Morgan fingerprint density at radius 3 is 2.95 bits per heavy atom. The average Bonchev–Trinajstić information content (AvgIpc) is 2.76. The van der Waals surface area contributed by atoms with E-state index in [0.717, 1.165) is 32.6 Å². The second kappa shape index (κ2) is 5.50.